The molecule has 160 valence electrons. The van der Waals surface area contributed by atoms with E-state index in [9.17, 15) is 5.11 Å². The van der Waals surface area contributed by atoms with Crippen molar-refractivity contribution in [2.75, 3.05) is 38.2 Å². The summed E-state index contributed by atoms with van der Waals surface area (Å²) < 4.78 is 10.7. The fourth-order valence-corrected chi connectivity index (χ4v) is 3.44. The predicted octanol–water partition coefficient (Wildman–Crippen LogP) is 3.43. The van der Waals surface area contributed by atoms with E-state index in [0.717, 1.165) is 37.5 Å². The number of hydrogen-bond donors (Lipinski definition) is 3. The molecule has 3 rings (SSSR count). The molecule has 3 N–H and O–H groups in total. The first-order valence-corrected chi connectivity index (χ1v) is 9.83. The molecule has 1 aromatic carbocycles. The maximum absolute atomic E-state index is 10.2. The summed E-state index contributed by atoms with van der Waals surface area (Å²) in [6.07, 6.45) is 1.74. The minimum atomic E-state index is -0.763. The van der Waals surface area contributed by atoms with Crippen molar-refractivity contribution < 1.29 is 14.3 Å². The quantitative estimate of drug-likeness (QED) is 0.287. The third-order valence-electron chi connectivity index (χ3n) is 4.65. The molecule has 1 saturated heterocycles. The number of hydrogen-bond acceptors (Lipinski definition) is 5. The third-order valence-corrected chi connectivity index (χ3v) is 4.88. The molecule has 0 amide bonds. The maximum atomic E-state index is 10.2. The van der Waals surface area contributed by atoms with E-state index in [1.165, 1.54) is 0 Å². The van der Waals surface area contributed by atoms with Crippen LogP contribution in [0.4, 0.5) is 5.69 Å². The van der Waals surface area contributed by atoms with Gasteiger partial charge < -0.3 is 29.8 Å². The van der Waals surface area contributed by atoms with Crippen LogP contribution < -0.4 is 20.3 Å². The van der Waals surface area contributed by atoms with E-state index >= 15 is 0 Å². The van der Waals surface area contributed by atoms with E-state index in [0.29, 0.717) is 16.7 Å². The standard InChI is InChI=1S/C20H27ClN4O3.HI/c1-3-22-20(23-12-17(26)19-5-4-10-28-19)24-15-8-9-25(13-15)16-11-14(21)6-7-18(16)27-2;/h4-7,10-11,15,17,26H,3,8-9,12-13H2,1-2H3,(H2,22,23,24);1H. The predicted molar refractivity (Wildman–Crippen MR) is 127 cm³/mol. The van der Waals surface area contributed by atoms with Crippen LogP contribution in [0.1, 0.15) is 25.2 Å². The Morgan fingerprint density at radius 2 is 2.28 bits per heavy atom. The molecule has 0 bridgehead atoms. The second kappa shape index (κ2) is 11.5. The number of aliphatic imine (C=N–C) groups is 1. The van der Waals surface area contributed by atoms with Gasteiger partial charge in [-0.05, 0) is 43.7 Å². The van der Waals surface area contributed by atoms with Gasteiger partial charge in [-0.3, -0.25) is 4.99 Å². The number of furan rings is 1. The van der Waals surface area contributed by atoms with Crippen LogP contribution in [0, 0.1) is 0 Å². The molecule has 1 aromatic heterocycles. The molecule has 9 heteroatoms. The summed E-state index contributed by atoms with van der Waals surface area (Å²) in [5.41, 5.74) is 0.995. The Morgan fingerprint density at radius 3 is 2.97 bits per heavy atom. The average molecular weight is 535 g/mol. The lowest BCUT2D eigenvalue weighted by molar-refractivity contribution is 0.158. The first kappa shape index (κ1) is 23.6. The fourth-order valence-electron chi connectivity index (χ4n) is 3.27. The van der Waals surface area contributed by atoms with Crippen LogP contribution in [-0.2, 0) is 0 Å². The maximum Gasteiger partial charge on any atom is 0.191 e. The Labute approximate surface area is 193 Å². The zero-order valence-electron chi connectivity index (χ0n) is 16.6. The number of aliphatic hydroxyl groups excluding tert-OH is 1. The molecule has 1 fully saturated rings. The Bertz CT molecular complexity index is 788. The highest BCUT2D eigenvalue weighted by Crippen LogP contribution is 2.33. The number of benzene rings is 1. The first-order valence-electron chi connectivity index (χ1n) is 9.45. The molecule has 0 spiro atoms. The van der Waals surface area contributed by atoms with Crippen molar-refractivity contribution in [1.29, 1.82) is 0 Å². The van der Waals surface area contributed by atoms with Gasteiger partial charge in [-0.1, -0.05) is 11.6 Å². The zero-order valence-corrected chi connectivity index (χ0v) is 19.7. The van der Waals surface area contributed by atoms with Crippen LogP contribution >= 0.6 is 35.6 Å². The van der Waals surface area contributed by atoms with Gasteiger partial charge in [-0.2, -0.15) is 0 Å². The number of halogens is 2. The summed E-state index contributed by atoms with van der Waals surface area (Å²) in [4.78, 5) is 6.75. The molecular formula is C20H28ClIN4O3. The van der Waals surface area contributed by atoms with E-state index in [2.05, 4.69) is 20.5 Å². The summed E-state index contributed by atoms with van der Waals surface area (Å²) in [6, 6.07) is 9.37. The van der Waals surface area contributed by atoms with Crippen molar-refractivity contribution in [1.82, 2.24) is 10.6 Å². The van der Waals surface area contributed by atoms with Gasteiger partial charge in [-0.25, -0.2) is 0 Å². The molecule has 2 unspecified atom stereocenters. The molecule has 1 aliphatic rings. The largest absolute Gasteiger partial charge is 0.495 e. The van der Waals surface area contributed by atoms with Gasteiger partial charge in [0.25, 0.3) is 0 Å². The molecule has 2 aromatic rings. The smallest absolute Gasteiger partial charge is 0.191 e. The van der Waals surface area contributed by atoms with Gasteiger partial charge in [-0.15, -0.1) is 24.0 Å². The van der Waals surface area contributed by atoms with E-state index in [4.69, 9.17) is 20.8 Å². The highest BCUT2D eigenvalue weighted by molar-refractivity contribution is 14.0. The number of aliphatic hydroxyl groups is 1. The van der Waals surface area contributed by atoms with Gasteiger partial charge in [0.05, 0.1) is 25.6 Å². The van der Waals surface area contributed by atoms with Crippen molar-refractivity contribution in [3.63, 3.8) is 0 Å². The number of ether oxygens (including phenoxy) is 1. The topological polar surface area (TPSA) is 82.3 Å². The minimum absolute atomic E-state index is 0. The monoisotopic (exact) mass is 534 g/mol. The van der Waals surface area contributed by atoms with Crippen LogP contribution in [-0.4, -0.2) is 50.4 Å². The van der Waals surface area contributed by atoms with Crippen LogP contribution in [0.3, 0.4) is 0 Å². The van der Waals surface area contributed by atoms with Crippen molar-refractivity contribution in [2.24, 2.45) is 4.99 Å². The van der Waals surface area contributed by atoms with Crippen molar-refractivity contribution in [2.45, 2.75) is 25.5 Å². The van der Waals surface area contributed by atoms with Gasteiger partial charge in [0.15, 0.2) is 5.96 Å². The van der Waals surface area contributed by atoms with Crippen molar-refractivity contribution >= 4 is 47.2 Å². The average Bonchev–Trinajstić information content (AvgIpc) is 3.38. The Hall–Kier alpha value is -1.65. The highest BCUT2D eigenvalue weighted by Gasteiger charge is 2.25. The van der Waals surface area contributed by atoms with E-state index < -0.39 is 6.10 Å². The number of anilines is 1. The molecule has 2 heterocycles. The number of guanidine groups is 1. The van der Waals surface area contributed by atoms with Gasteiger partial charge >= 0.3 is 0 Å². The normalized spacial score (nSPS) is 17.6. The van der Waals surface area contributed by atoms with Crippen LogP contribution in [0.5, 0.6) is 5.75 Å². The van der Waals surface area contributed by atoms with E-state index in [-0.39, 0.29) is 36.6 Å². The molecular weight excluding hydrogens is 507 g/mol. The van der Waals surface area contributed by atoms with Crippen LogP contribution in [0.25, 0.3) is 0 Å². The second-order valence-corrected chi connectivity index (χ2v) is 7.08. The molecule has 29 heavy (non-hydrogen) atoms. The lowest BCUT2D eigenvalue weighted by Gasteiger charge is -2.22. The minimum Gasteiger partial charge on any atom is -0.495 e. The summed E-state index contributed by atoms with van der Waals surface area (Å²) in [5.74, 6) is 2.00. The lowest BCUT2D eigenvalue weighted by Crippen LogP contribution is -2.44. The lowest BCUT2D eigenvalue weighted by atomic mass is 10.2. The molecule has 1 aliphatic heterocycles. The number of nitrogens with one attached hydrogen (secondary N) is 2. The molecule has 2 atom stereocenters. The summed E-state index contributed by atoms with van der Waals surface area (Å²) in [6.45, 7) is 4.67. The Morgan fingerprint density at radius 1 is 1.45 bits per heavy atom. The zero-order chi connectivity index (χ0) is 19.9. The van der Waals surface area contributed by atoms with Gasteiger partial charge in [0.2, 0.25) is 0 Å². The van der Waals surface area contributed by atoms with Crippen LogP contribution in [0.2, 0.25) is 5.02 Å². The van der Waals surface area contributed by atoms with Crippen molar-refractivity contribution in [3.8, 4) is 5.75 Å². The van der Waals surface area contributed by atoms with Gasteiger partial charge in [0.1, 0.15) is 17.6 Å². The Balaban J connectivity index is 0.00000300. The van der Waals surface area contributed by atoms with Gasteiger partial charge in [0, 0.05) is 30.7 Å². The fraction of sp³-hybridized carbons (Fsp3) is 0.450. The summed E-state index contributed by atoms with van der Waals surface area (Å²) in [5, 5.41) is 17.5. The SMILES string of the molecule is CCNC(=NCC(O)c1ccco1)NC1CCN(c2cc(Cl)ccc2OC)C1.I. The van der Waals surface area contributed by atoms with Crippen LogP contribution in [0.15, 0.2) is 46.0 Å². The number of nitrogens with zero attached hydrogens (tertiary/aromatic N) is 2. The van der Waals surface area contributed by atoms with E-state index in [1.54, 1.807) is 25.5 Å². The van der Waals surface area contributed by atoms with E-state index in [1.807, 2.05) is 25.1 Å². The second-order valence-electron chi connectivity index (χ2n) is 6.64. The molecule has 0 aliphatic carbocycles. The number of methoxy groups -OCH3 is 1. The Kier molecular flexibility index (Phi) is 9.38. The molecule has 7 nitrogen and oxygen atoms in total. The highest BCUT2D eigenvalue weighted by atomic mass is 127. The summed E-state index contributed by atoms with van der Waals surface area (Å²) >= 11 is 6.17. The molecule has 0 saturated carbocycles. The molecule has 0 radical (unpaired) electrons. The first-order chi connectivity index (χ1) is 13.6. The summed E-state index contributed by atoms with van der Waals surface area (Å²) in [7, 11) is 1.67. The third kappa shape index (κ3) is 6.42. The number of rotatable bonds is 7. The van der Waals surface area contributed by atoms with Crippen molar-refractivity contribution in [3.05, 3.63) is 47.4 Å².